The number of hydrogen-bond donors (Lipinski definition) is 2. The number of piperidine rings is 1. The molecule has 33 heavy (non-hydrogen) atoms. The normalized spacial score (nSPS) is 21.3. The number of ether oxygens (including phenoxy) is 2. The van der Waals surface area contributed by atoms with E-state index < -0.39 is 5.60 Å². The monoisotopic (exact) mass is 461 g/mol. The molecule has 7 heteroatoms. The third-order valence-electron chi connectivity index (χ3n) is 6.18. The van der Waals surface area contributed by atoms with E-state index in [0.29, 0.717) is 19.0 Å². The van der Waals surface area contributed by atoms with Crippen LogP contribution in [0.25, 0.3) is 0 Å². The second-order valence-corrected chi connectivity index (χ2v) is 9.64. The third-order valence-corrected chi connectivity index (χ3v) is 6.18. The summed E-state index contributed by atoms with van der Waals surface area (Å²) in [5.74, 6) is 0.501. The van der Waals surface area contributed by atoms with Crippen molar-refractivity contribution >= 4 is 12.5 Å². The molecule has 1 aromatic carbocycles. The molecule has 3 rings (SSSR count). The summed E-state index contributed by atoms with van der Waals surface area (Å²) >= 11 is 0. The van der Waals surface area contributed by atoms with Gasteiger partial charge in [-0.1, -0.05) is 32.0 Å². The summed E-state index contributed by atoms with van der Waals surface area (Å²) in [5.41, 5.74) is 3.41. The fourth-order valence-corrected chi connectivity index (χ4v) is 4.61. The van der Waals surface area contributed by atoms with Gasteiger partial charge in [-0.2, -0.15) is 0 Å². The van der Waals surface area contributed by atoms with Gasteiger partial charge >= 0.3 is 6.09 Å². The summed E-state index contributed by atoms with van der Waals surface area (Å²) in [6.07, 6.45) is 3.56. The molecule has 2 aliphatic rings. The van der Waals surface area contributed by atoms with Gasteiger partial charge in [-0.15, -0.1) is 0 Å². The van der Waals surface area contributed by atoms with Crippen LogP contribution in [0.4, 0.5) is 4.79 Å². The van der Waals surface area contributed by atoms with Crippen molar-refractivity contribution in [3.63, 3.8) is 0 Å². The van der Waals surface area contributed by atoms with Crippen molar-refractivity contribution < 1.29 is 19.1 Å². The largest absolute Gasteiger partial charge is 0.444 e. The molecule has 2 aliphatic heterocycles. The van der Waals surface area contributed by atoms with Gasteiger partial charge in [0.15, 0.2) is 0 Å². The van der Waals surface area contributed by atoms with Crippen LogP contribution in [0.1, 0.15) is 70.3 Å². The highest BCUT2D eigenvalue weighted by Gasteiger charge is 2.34. The Balaban J connectivity index is 0.00000187. The minimum atomic E-state index is -0.474. The van der Waals surface area contributed by atoms with Gasteiger partial charge in [-0.3, -0.25) is 4.79 Å². The molecule has 7 nitrogen and oxygen atoms in total. The predicted octanol–water partition coefficient (Wildman–Crippen LogP) is 3.99. The fourth-order valence-electron chi connectivity index (χ4n) is 4.61. The van der Waals surface area contributed by atoms with Crippen molar-refractivity contribution in [1.82, 2.24) is 15.5 Å². The molecule has 186 valence electrons. The quantitative estimate of drug-likeness (QED) is 0.600. The average molecular weight is 462 g/mol. The number of rotatable bonds is 7. The van der Waals surface area contributed by atoms with Crippen LogP contribution < -0.4 is 10.6 Å². The molecule has 0 radical (unpaired) electrons. The van der Waals surface area contributed by atoms with E-state index in [1.54, 1.807) is 0 Å². The van der Waals surface area contributed by atoms with E-state index >= 15 is 0 Å². The van der Waals surface area contributed by atoms with Gasteiger partial charge < -0.3 is 25.0 Å². The van der Waals surface area contributed by atoms with E-state index in [0.717, 1.165) is 45.3 Å². The Morgan fingerprint density at radius 2 is 1.94 bits per heavy atom. The minimum Gasteiger partial charge on any atom is -0.444 e. The second kappa shape index (κ2) is 12.9. The molecule has 0 aromatic heterocycles. The van der Waals surface area contributed by atoms with Gasteiger partial charge in [-0.05, 0) is 82.7 Å². The number of amides is 2. The van der Waals surface area contributed by atoms with Crippen molar-refractivity contribution in [2.24, 2.45) is 5.92 Å². The Labute approximate surface area is 199 Å². The molecule has 2 N–H and O–H groups in total. The Hall–Kier alpha value is -2.12. The zero-order valence-electron chi connectivity index (χ0n) is 21.3. The second-order valence-electron chi connectivity index (χ2n) is 9.64. The maximum absolute atomic E-state index is 11.8. The van der Waals surface area contributed by atoms with E-state index in [9.17, 15) is 9.59 Å². The molecule has 2 heterocycles. The Kier molecular flexibility index (Phi) is 10.6. The van der Waals surface area contributed by atoms with E-state index in [4.69, 9.17) is 9.47 Å². The standard InChI is InChI=1S/C24H37N3O4.C2H6/c1-17-6-5-7-19-20(17)14-21(30-22(19)15-25-16-28)18-8-11-27(12-9-18)13-10-26-23(29)31-24(2,3)4;1-2/h5-7,16,18,21-22H,8-15H2,1-4H3,(H,25,28)(H,26,29);1-2H3/t21-,22-;/m0./s1. The molecule has 2 amide bonds. The summed E-state index contributed by atoms with van der Waals surface area (Å²) in [6.45, 7) is 15.7. The first-order valence-corrected chi connectivity index (χ1v) is 12.4. The Bertz CT molecular complexity index is 754. The first-order chi connectivity index (χ1) is 15.8. The molecule has 0 saturated carbocycles. The fraction of sp³-hybridized carbons (Fsp3) is 0.692. The lowest BCUT2D eigenvalue weighted by atomic mass is 9.82. The highest BCUT2D eigenvalue weighted by Crippen LogP contribution is 2.37. The SMILES string of the molecule is CC.Cc1cccc2c1C[C@@H](C1CCN(CCNC(=O)OC(C)(C)C)CC1)O[C@H]2CNC=O. The van der Waals surface area contributed by atoms with E-state index in [-0.39, 0.29) is 18.3 Å². The molecule has 1 aromatic rings. The van der Waals surface area contributed by atoms with Crippen LogP contribution in [-0.4, -0.2) is 61.8 Å². The summed E-state index contributed by atoms with van der Waals surface area (Å²) < 4.78 is 11.8. The van der Waals surface area contributed by atoms with Crippen molar-refractivity contribution in [1.29, 1.82) is 0 Å². The summed E-state index contributed by atoms with van der Waals surface area (Å²) in [4.78, 5) is 25.0. The number of carbonyl (C=O) groups excluding carboxylic acids is 2. The van der Waals surface area contributed by atoms with Gasteiger partial charge in [-0.25, -0.2) is 4.79 Å². The first kappa shape index (κ1) is 27.1. The number of nitrogens with zero attached hydrogens (tertiary/aromatic N) is 1. The van der Waals surface area contributed by atoms with Gasteiger partial charge in [0.25, 0.3) is 0 Å². The Morgan fingerprint density at radius 3 is 2.58 bits per heavy atom. The number of aryl methyl sites for hydroxylation is 1. The highest BCUT2D eigenvalue weighted by atomic mass is 16.6. The van der Waals surface area contributed by atoms with Crippen molar-refractivity contribution in [3.05, 3.63) is 34.9 Å². The smallest absolute Gasteiger partial charge is 0.407 e. The lowest BCUT2D eigenvalue weighted by Crippen LogP contribution is -2.44. The number of carbonyl (C=O) groups is 2. The Morgan fingerprint density at radius 1 is 1.24 bits per heavy atom. The van der Waals surface area contributed by atoms with Crippen LogP contribution in [0.2, 0.25) is 0 Å². The minimum absolute atomic E-state index is 0.0880. The summed E-state index contributed by atoms with van der Waals surface area (Å²) in [5, 5.41) is 5.64. The van der Waals surface area contributed by atoms with Crippen LogP contribution >= 0.6 is 0 Å². The third kappa shape index (κ3) is 8.31. The number of benzene rings is 1. The number of alkyl carbamates (subject to hydrolysis) is 1. The highest BCUT2D eigenvalue weighted by molar-refractivity contribution is 5.67. The van der Waals surface area contributed by atoms with Crippen molar-refractivity contribution in [2.45, 2.75) is 78.6 Å². The van der Waals surface area contributed by atoms with Crippen molar-refractivity contribution in [3.8, 4) is 0 Å². The van der Waals surface area contributed by atoms with Crippen LogP contribution in [-0.2, 0) is 20.7 Å². The van der Waals surface area contributed by atoms with Gasteiger partial charge in [0, 0.05) is 19.6 Å². The molecule has 2 atom stereocenters. The number of hydrogen-bond acceptors (Lipinski definition) is 5. The molecule has 0 bridgehead atoms. The summed E-state index contributed by atoms with van der Waals surface area (Å²) in [6, 6.07) is 6.34. The lowest BCUT2D eigenvalue weighted by molar-refractivity contribution is -0.111. The van der Waals surface area contributed by atoms with Crippen LogP contribution in [0.15, 0.2) is 18.2 Å². The van der Waals surface area contributed by atoms with Gasteiger partial charge in [0.2, 0.25) is 6.41 Å². The average Bonchev–Trinajstić information content (AvgIpc) is 2.78. The van der Waals surface area contributed by atoms with Crippen LogP contribution in [0.5, 0.6) is 0 Å². The maximum atomic E-state index is 11.8. The summed E-state index contributed by atoms with van der Waals surface area (Å²) in [7, 11) is 0. The molecule has 0 spiro atoms. The lowest BCUT2D eigenvalue weighted by Gasteiger charge is -2.41. The molecule has 0 unspecified atom stereocenters. The van der Waals surface area contributed by atoms with Gasteiger partial charge in [0.1, 0.15) is 11.7 Å². The molecular weight excluding hydrogens is 418 g/mol. The van der Waals surface area contributed by atoms with E-state index in [2.05, 4.69) is 40.7 Å². The molecule has 1 fully saturated rings. The number of likely N-dealkylation sites (tertiary alicyclic amines) is 1. The first-order valence-electron chi connectivity index (χ1n) is 12.4. The van der Waals surface area contributed by atoms with E-state index in [1.807, 2.05) is 34.6 Å². The van der Waals surface area contributed by atoms with Crippen LogP contribution in [0, 0.1) is 12.8 Å². The molecule has 0 aliphatic carbocycles. The number of nitrogens with one attached hydrogen (secondary N) is 2. The molecule has 1 saturated heterocycles. The zero-order valence-corrected chi connectivity index (χ0v) is 21.3. The van der Waals surface area contributed by atoms with Crippen molar-refractivity contribution in [2.75, 3.05) is 32.7 Å². The molecular formula is C26H43N3O4. The maximum Gasteiger partial charge on any atom is 0.407 e. The van der Waals surface area contributed by atoms with Crippen LogP contribution in [0.3, 0.4) is 0 Å². The van der Waals surface area contributed by atoms with E-state index in [1.165, 1.54) is 16.7 Å². The zero-order chi connectivity index (χ0) is 24.4. The van der Waals surface area contributed by atoms with Gasteiger partial charge in [0.05, 0.1) is 6.10 Å². The number of fused-ring (bicyclic) bond motifs is 1. The topological polar surface area (TPSA) is 79.9 Å². The predicted molar refractivity (Wildman–Crippen MR) is 131 cm³/mol.